The Hall–Kier alpha value is -1.43. The Morgan fingerprint density at radius 1 is 1.43 bits per heavy atom. The molecule has 6 heteroatoms. The summed E-state index contributed by atoms with van der Waals surface area (Å²) < 4.78 is 0. The van der Waals surface area contributed by atoms with Gasteiger partial charge in [-0.25, -0.2) is 4.98 Å². The molecule has 0 unspecified atom stereocenters. The zero-order chi connectivity index (χ0) is 14.8. The first-order chi connectivity index (χ1) is 10.1. The Bertz CT molecular complexity index is 653. The molecule has 0 fully saturated rings. The molecule has 2 heterocycles. The van der Waals surface area contributed by atoms with Crippen LogP contribution in [0.4, 0.5) is 5.13 Å². The number of carbonyl (C=O) groups is 1. The minimum atomic E-state index is -0.0447. The predicted octanol–water partition coefficient (Wildman–Crippen LogP) is 2.97. The number of thiazole rings is 1. The molecule has 0 bridgehead atoms. The highest BCUT2D eigenvalue weighted by molar-refractivity contribution is 7.15. The van der Waals surface area contributed by atoms with Gasteiger partial charge in [-0.3, -0.25) is 4.79 Å². The van der Waals surface area contributed by atoms with Gasteiger partial charge in [-0.2, -0.15) is 0 Å². The second-order valence-corrected chi connectivity index (χ2v) is 6.75. The highest BCUT2D eigenvalue weighted by Crippen LogP contribution is 2.27. The van der Waals surface area contributed by atoms with Gasteiger partial charge in [0, 0.05) is 29.4 Å². The van der Waals surface area contributed by atoms with Crippen LogP contribution in [0.15, 0.2) is 24.3 Å². The summed E-state index contributed by atoms with van der Waals surface area (Å²) in [7, 11) is 2.10. The maximum Gasteiger partial charge on any atom is 0.230 e. The topological polar surface area (TPSA) is 45.2 Å². The summed E-state index contributed by atoms with van der Waals surface area (Å²) in [5.41, 5.74) is 2.07. The standard InChI is InChI=1S/C15H16ClN3OS/c1-19-7-6-12-13(9-19)21-15(17-12)18-14(20)8-10-2-4-11(16)5-3-10/h2-5H,6-9H2,1H3,(H,17,18,20). The van der Waals surface area contributed by atoms with Crippen LogP contribution in [0.2, 0.25) is 5.02 Å². The summed E-state index contributed by atoms with van der Waals surface area (Å²) in [6, 6.07) is 7.32. The van der Waals surface area contributed by atoms with Crippen LogP contribution in [-0.2, 0) is 24.2 Å². The molecule has 1 aromatic carbocycles. The van der Waals surface area contributed by atoms with Crippen LogP contribution in [0.3, 0.4) is 0 Å². The van der Waals surface area contributed by atoms with Gasteiger partial charge in [-0.15, -0.1) is 11.3 Å². The van der Waals surface area contributed by atoms with E-state index in [1.807, 2.05) is 12.1 Å². The maximum atomic E-state index is 12.1. The van der Waals surface area contributed by atoms with E-state index in [-0.39, 0.29) is 5.91 Å². The zero-order valence-electron chi connectivity index (χ0n) is 11.7. The van der Waals surface area contributed by atoms with Crippen LogP contribution in [-0.4, -0.2) is 29.4 Å². The van der Waals surface area contributed by atoms with Gasteiger partial charge >= 0.3 is 0 Å². The van der Waals surface area contributed by atoms with E-state index >= 15 is 0 Å². The van der Waals surface area contributed by atoms with Crippen molar-refractivity contribution >= 4 is 34.0 Å². The van der Waals surface area contributed by atoms with Crippen molar-refractivity contribution in [2.45, 2.75) is 19.4 Å². The largest absolute Gasteiger partial charge is 0.302 e. The third kappa shape index (κ3) is 3.61. The van der Waals surface area contributed by atoms with E-state index in [4.69, 9.17) is 11.6 Å². The molecule has 0 radical (unpaired) electrons. The first kappa shape index (κ1) is 14.5. The van der Waals surface area contributed by atoms with Gasteiger partial charge in [-0.1, -0.05) is 23.7 Å². The molecule has 0 saturated carbocycles. The zero-order valence-corrected chi connectivity index (χ0v) is 13.3. The van der Waals surface area contributed by atoms with Crippen molar-refractivity contribution in [1.82, 2.24) is 9.88 Å². The quantitative estimate of drug-likeness (QED) is 0.945. The number of hydrogen-bond acceptors (Lipinski definition) is 4. The number of halogens is 1. The van der Waals surface area contributed by atoms with E-state index in [1.54, 1.807) is 23.5 Å². The van der Waals surface area contributed by atoms with Crippen molar-refractivity contribution in [2.75, 3.05) is 18.9 Å². The summed E-state index contributed by atoms with van der Waals surface area (Å²) in [6.45, 7) is 1.94. The fourth-order valence-corrected chi connectivity index (χ4v) is 3.56. The van der Waals surface area contributed by atoms with Gasteiger partial charge in [0.2, 0.25) is 5.91 Å². The number of nitrogens with one attached hydrogen (secondary N) is 1. The molecule has 110 valence electrons. The molecule has 0 spiro atoms. The third-order valence-electron chi connectivity index (χ3n) is 3.45. The van der Waals surface area contributed by atoms with Crippen LogP contribution >= 0.6 is 22.9 Å². The van der Waals surface area contributed by atoms with E-state index in [0.29, 0.717) is 16.6 Å². The number of aromatic nitrogens is 1. The van der Waals surface area contributed by atoms with Crippen molar-refractivity contribution in [2.24, 2.45) is 0 Å². The molecule has 1 aromatic heterocycles. The summed E-state index contributed by atoms with van der Waals surface area (Å²) in [4.78, 5) is 20.1. The van der Waals surface area contributed by atoms with Crippen molar-refractivity contribution < 1.29 is 4.79 Å². The number of benzene rings is 1. The molecular weight excluding hydrogens is 306 g/mol. The SMILES string of the molecule is CN1CCc2nc(NC(=O)Cc3ccc(Cl)cc3)sc2C1. The van der Waals surface area contributed by atoms with Gasteiger partial charge in [0.25, 0.3) is 0 Å². The number of anilines is 1. The molecular formula is C15H16ClN3OS. The van der Waals surface area contributed by atoms with Gasteiger partial charge < -0.3 is 10.2 Å². The fourth-order valence-electron chi connectivity index (χ4n) is 2.33. The lowest BCUT2D eigenvalue weighted by Gasteiger charge is -2.20. The van der Waals surface area contributed by atoms with Crippen LogP contribution in [0.25, 0.3) is 0 Å². The Kier molecular flexibility index (Phi) is 4.24. The third-order valence-corrected chi connectivity index (χ3v) is 4.70. The molecule has 21 heavy (non-hydrogen) atoms. The molecule has 1 aliphatic rings. The first-order valence-corrected chi connectivity index (χ1v) is 8.01. The van der Waals surface area contributed by atoms with Gasteiger partial charge in [-0.05, 0) is 24.7 Å². The van der Waals surface area contributed by atoms with E-state index in [1.165, 1.54) is 4.88 Å². The number of nitrogens with zero attached hydrogens (tertiary/aromatic N) is 2. The lowest BCUT2D eigenvalue weighted by molar-refractivity contribution is -0.115. The molecule has 3 rings (SSSR count). The number of likely N-dealkylation sites (N-methyl/N-ethyl adjacent to an activating group) is 1. The minimum Gasteiger partial charge on any atom is -0.302 e. The molecule has 0 aliphatic carbocycles. The van der Waals surface area contributed by atoms with Crippen LogP contribution < -0.4 is 5.32 Å². The average Bonchev–Trinajstić information content (AvgIpc) is 2.82. The number of rotatable bonds is 3. The smallest absolute Gasteiger partial charge is 0.230 e. The van der Waals surface area contributed by atoms with E-state index in [9.17, 15) is 4.79 Å². The Balaban J connectivity index is 1.64. The van der Waals surface area contributed by atoms with Gasteiger partial charge in [0.1, 0.15) is 0 Å². The highest BCUT2D eigenvalue weighted by atomic mass is 35.5. The lowest BCUT2D eigenvalue weighted by Crippen LogP contribution is -2.25. The summed E-state index contributed by atoms with van der Waals surface area (Å²) >= 11 is 7.41. The highest BCUT2D eigenvalue weighted by Gasteiger charge is 2.19. The number of hydrogen-bond donors (Lipinski definition) is 1. The summed E-state index contributed by atoms with van der Waals surface area (Å²) in [5, 5.41) is 4.27. The molecule has 1 N–H and O–H groups in total. The molecule has 0 atom stereocenters. The van der Waals surface area contributed by atoms with Crippen molar-refractivity contribution in [3.05, 3.63) is 45.4 Å². The number of amides is 1. The van der Waals surface area contributed by atoms with Gasteiger partial charge in [0.15, 0.2) is 5.13 Å². The molecule has 2 aromatic rings. The first-order valence-electron chi connectivity index (χ1n) is 6.81. The van der Waals surface area contributed by atoms with Crippen LogP contribution in [0.5, 0.6) is 0 Å². The Morgan fingerprint density at radius 3 is 2.95 bits per heavy atom. The minimum absolute atomic E-state index is 0.0447. The molecule has 1 aliphatic heterocycles. The maximum absolute atomic E-state index is 12.1. The predicted molar refractivity (Wildman–Crippen MR) is 85.9 cm³/mol. The van der Waals surface area contributed by atoms with Crippen LogP contribution in [0.1, 0.15) is 16.1 Å². The van der Waals surface area contributed by atoms with E-state index in [0.717, 1.165) is 30.8 Å². The Labute approximate surface area is 132 Å². The van der Waals surface area contributed by atoms with Crippen molar-refractivity contribution in [1.29, 1.82) is 0 Å². The second-order valence-electron chi connectivity index (χ2n) is 5.23. The monoisotopic (exact) mass is 321 g/mol. The van der Waals surface area contributed by atoms with Crippen molar-refractivity contribution in [3.63, 3.8) is 0 Å². The van der Waals surface area contributed by atoms with Crippen LogP contribution in [0, 0.1) is 0 Å². The average molecular weight is 322 g/mol. The van der Waals surface area contributed by atoms with E-state index in [2.05, 4.69) is 22.2 Å². The normalized spacial score (nSPS) is 14.8. The molecule has 1 amide bonds. The summed E-state index contributed by atoms with van der Waals surface area (Å²) in [6.07, 6.45) is 1.29. The molecule has 4 nitrogen and oxygen atoms in total. The fraction of sp³-hybridized carbons (Fsp3) is 0.333. The molecule has 0 saturated heterocycles. The number of fused-ring (bicyclic) bond motifs is 1. The summed E-state index contributed by atoms with van der Waals surface area (Å²) in [5.74, 6) is -0.0447. The van der Waals surface area contributed by atoms with Gasteiger partial charge in [0.05, 0.1) is 12.1 Å². The lowest BCUT2D eigenvalue weighted by atomic mass is 10.1. The second kappa shape index (κ2) is 6.13. The Morgan fingerprint density at radius 2 is 2.19 bits per heavy atom. The number of carbonyl (C=O) groups excluding carboxylic acids is 1. The van der Waals surface area contributed by atoms with E-state index < -0.39 is 0 Å². The van der Waals surface area contributed by atoms with Crippen molar-refractivity contribution in [3.8, 4) is 0 Å².